The zero-order valence-corrected chi connectivity index (χ0v) is 25.0. The van der Waals surface area contributed by atoms with Crippen LogP contribution in [0.15, 0.2) is 66.7 Å². The Bertz CT molecular complexity index is 1430. The average Bonchev–Trinajstić information content (AvgIpc) is 3.01. The number of anilines is 1. The molecular formula is C29H25Cl2IN2O6. The van der Waals surface area contributed by atoms with Crippen LogP contribution >= 0.6 is 45.8 Å². The van der Waals surface area contributed by atoms with E-state index in [-0.39, 0.29) is 18.5 Å². The molecule has 0 fully saturated rings. The van der Waals surface area contributed by atoms with Crippen LogP contribution in [0.2, 0.25) is 10.0 Å². The van der Waals surface area contributed by atoms with E-state index < -0.39 is 35.8 Å². The summed E-state index contributed by atoms with van der Waals surface area (Å²) in [5.41, 5.74) is 1.48. The number of hydrogen-bond acceptors (Lipinski definition) is 5. The number of amides is 2. The maximum Gasteiger partial charge on any atom is 0.333 e. The van der Waals surface area contributed by atoms with Crippen molar-refractivity contribution >= 4 is 75.2 Å². The van der Waals surface area contributed by atoms with Gasteiger partial charge in [0.2, 0.25) is 0 Å². The zero-order valence-electron chi connectivity index (χ0n) is 21.4. The normalized spacial score (nSPS) is 15.8. The number of carbonyl (C=O) groups is 4. The molecule has 0 bridgehead atoms. The van der Waals surface area contributed by atoms with Gasteiger partial charge in [0.05, 0.1) is 18.4 Å². The zero-order chi connectivity index (χ0) is 29.0. The summed E-state index contributed by atoms with van der Waals surface area (Å²) < 4.78 is 5.91. The Balaban J connectivity index is 1.94. The maximum absolute atomic E-state index is 14.5. The van der Waals surface area contributed by atoms with Crippen LogP contribution < -0.4 is 4.90 Å². The molecule has 1 N–H and O–H groups in total. The smallest absolute Gasteiger partial charge is 0.333 e. The molecule has 2 atom stereocenters. The van der Waals surface area contributed by atoms with Crippen molar-refractivity contribution in [3.05, 3.63) is 97.0 Å². The summed E-state index contributed by atoms with van der Waals surface area (Å²) in [5.74, 6) is -2.65. The molecule has 3 aromatic rings. The van der Waals surface area contributed by atoms with Gasteiger partial charge in [0.15, 0.2) is 6.04 Å². The molecule has 1 heterocycles. The predicted octanol–water partition coefficient (Wildman–Crippen LogP) is 6.30. The highest BCUT2D eigenvalue weighted by Gasteiger charge is 2.46. The molecule has 0 spiro atoms. The molecule has 0 saturated carbocycles. The number of carboxylic acids is 1. The second-order valence-electron chi connectivity index (χ2n) is 9.15. The quantitative estimate of drug-likeness (QED) is 0.160. The molecule has 4 rings (SSSR count). The van der Waals surface area contributed by atoms with Crippen LogP contribution in [0.5, 0.6) is 0 Å². The van der Waals surface area contributed by atoms with Crippen molar-refractivity contribution in [3.8, 4) is 0 Å². The monoisotopic (exact) mass is 694 g/mol. The summed E-state index contributed by atoms with van der Waals surface area (Å²) in [5, 5.41) is 9.96. The Morgan fingerprint density at radius 3 is 2.20 bits per heavy atom. The van der Waals surface area contributed by atoms with E-state index in [0.29, 0.717) is 39.7 Å². The van der Waals surface area contributed by atoms with E-state index >= 15 is 0 Å². The minimum atomic E-state index is -1.28. The van der Waals surface area contributed by atoms with Crippen LogP contribution in [0.1, 0.15) is 52.8 Å². The van der Waals surface area contributed by atoms with Crippen molar-refractivity contribution in [1.82, 2.24) is 4.90 Å². The van der Waals surface area contributed by atoms with Gasteiger partial charge >= 0.3 is 11.9 Å². The highest BCUT2D eigenvalue weighted by molar-refractivity contribution is 14.1. The van der Waals surface area contributed by atoms with Crippen LogP contribution in [-0.4, -0.2) is 47.4 Å². The van der Waals surface area contributed by atoms with Crippen LogP contribution in [0.25, 0.3) is 0 Å². The molecule has 208 valence electrons. The highest BCUT2D eigenvalue weighted by atomic mass is 127. The molecule has 0 saturated heterocycles. The van der Waals surface area contributed by atoms with Crippen LogP contribution in [0.3, 0.4) is 0 Å². The number of halogens is 3. The van der Waals surface area contributed by atoms with E-state index in [4.69, 9.17) is 33.0 Å². The van der Waals surface area contributed by atoms with E-state index in [0.717, 1.165) is 3.57 Å². The van der Waals surface area contributed by atoms with Gasteiger partial charge in [-0.1, -0.05) is 47.5 Å². The minimum Gasteiger partial charge on any atom is -0.481 e. The Morgan fingerprint density at radius 1 is 0.975 bits per heavy atom. The molecule has 2 amide bonds. The first kappa shape index (κ1) is 29.8. The Morgan fingerprint density at radius 2 is 1.60 bits per heavy atom. The summed E-state index contributed by atoms with van der Waals surface area (Å²) in [6.45, 7) is 0.175. The van der Waals surface area contributed by atoms with Gasteiger partial charge < -0.3 is 19.6 Å². The third-order valence-electron chi connectivity index (χ3n) is 6.59. The lowest BCUT2D eigenvalue weighted by Crippen LogP contribution is -2.46. The number of esters is 1. The van der Waals surface area contributed by atoms with Crippen molar-refractivity contribution in [2.45, 2.75) is 31.3 Å². The van der Waals surface area contributed by atoms with E-state index in [2.05, 4.69) is 22.6 Å². The van der Waals surface area contributed by atoms with Crippen LogP contribution in [0.4, 0.5) is 5.69 Å². The summed E-state index contributed by atoms with van der Waals surface area (Å²) in [6, 6.07) is 15.6. The summed E-state index contributed by atoms with van der Waals surface area (Å²) in [6.07, 6.45) is 0.689. The first-order chi connectivity index (χ1) is 19.1. The van der Waals surface area contributed by atoms with Crippen LogP contribution in [-0.2, 0) is 19.1 Å². The van der Waals surface area contributed by atoms with E-state index in [1.54, 1.807) is 66.7 Å². The summed E-state index contributed by atoms with van der Waals surface area (Å²) in [7, 11) is 1.22. The van der Waals surface area contributed by atoms with Crippen molar-refractivity contribution in [3.63, 3.8) is 0 Å². The number of nitrogens with zero attached hydrogens (tertiary/aromatic N) is 2. The second kappa shape index (κ2) is 13.0. The summed E-state index contributed by atoms with van der Waals surface area (Å²) in [4.78, 5) is 56.1. The van der Waals surface area contributed by atoms with Crippen molar-refractivity contribution in [1.29, 1.82) is 0 Å². The molecule has 8 nitrogen and oxygen atoms in total. The van der Waals surface area contributed by atoms with E-state index in [1.807, 2.05) is 0 Å². The molecule has 0 aliphatic carbocycles. The highest BCUT2D eigenvalue weighted by Crippen LogP contribution is 2.41. The van der Waals surface area contributed by atoms with Gasteiger partial charge in [-0.3, -0.25) is 14.4 Å². The fourth-order valence-corrected chi connectivity index (χ4v) is 5.46. The number of carbonyl (C=O) groups excluding carboxylic acids is 3. The molecule has 3 aromatic carbocycles. The lowest BCUT2D eigenvalue weighted by molar-refractivity contribution is -0.148. The van der Waals surface area contributed by atoms with Gasteiger partial charge in [-0.2, -0.15) is 0 Å². The van der Waals surface area contributed by atoms with Gasteiger partial charge in [0, 0.05) is 26.6 Å². The van der Waals surface area contributed by atoms with Gasteiger partial charge in [-0.25, -0.2) is 4.79 Å². The number of hydrogen-bond donors (Lipinski definition) is 1. The molecule has 1 aliphatic heterocycles. The fraction of sp³-hybridized carbons (Fsp3) is 0.241. The molecule has 1 unspecified atom stereocenters. The largest absolute Gasteiger partial charge is 0.481 e. The number of ether oxygens (including phenoxy) is 1. The number of carboxylic acid groups (broad SMARTS) is 1. The third-order valence-corrected chi connectivity index (χ3v) is 7.76. The SMILES string of the molecule is COC(=O)C(c1ccc(Cl)cc1)N1C(=O)c2cc(I)ccc2N(CCCCC(=O)O)C(=O)[C@@H]1c1ccc(Cl)cc1. The average molecular weight is 695 g/mol. The van der Waals surface area contributed by atoms with Crippen molar-refractivity contribution in [2.24, 2.45) is 0 Å². The number of rotatable bonds is 9. The topological polar surface area (TPSA) is 104 Å². The number of aliphatic carboxylic acids is 1. The number of unbranched alkanes of at least 4 members (excludes halogenated alkanes) is 1. The van der Waals surface area contributed by atoms with Gasteiger partial charge in [0.25, 0.3) is 11.8 Å². The van der Waals surface area contributed by atoms with E-state index in [9.17, 15) is 19.2 Å². The molecule has 40 heavy (non-hydrogen) atoms. The Kier molecular flexibility index (Phi) is 9.70. The Labute approximate surface area is 254 Å². The molecule has 0 radical (unpaired) electrons. The molecule has 11 heteroatoms. The third kappa shape index (κ3) is 6.42. The van der Waals surface area contributed by atoms with Crippen LogP contribution in [0, 0.1) is 3.57 Å². The number of fused-ring (bicyclic) bond motifs is 1. The van der Waals surface area contributed by atoms with Gasteiger partial charge in [0.1, 0.15) is 6.04 Å². The molecule has 0 aromatic heterocycles. The lowest BCUT2D eigenvalue weighted by Gasteiger charge is -2.36. The Hall–Kier alpha value is -3.15. The first-order valence-corrected chi connectivity index (χ1v) is 14.2. The van der Waals surface area contributed by atoms with Gasteiger partial charge in [-0.15, -0.1) is 0 Å². The summed E-state index contributed by atoms with van der Waals surface area (Å²) >= 11 is 14.3. The minimum absolute atomic E-state index is 0.0474. The van der Waals surface area contributed by atoms with Crippen molar-refractivity contribution in [2.75, 3.05) is 18.6 Å². The van der Waals surface area contributed by atoms with Crippen molar-refractivity contribution < 1.29 is 29.0 Å². The van der Waals surface area contributed by atoms with E-state index in [1.165, 1.54) is 16.9 Å². The predicted molar refractivity (Wildman–Crippen MR) is 160 cm³/mol. The molecular weight excluding hydrogens is 670 g/mol. The molecule has 1 aliphatic rings. The lowest BCUT2D eigenvalue weighted by atomic mass is 9.97. The maximum atomic E-state index is 14.5. The van der Waals surface area contributed by atoms with Gasteiger partial charge in [-0.05, 0) is 89.0 Å². The fourth-order valence-electron chi connectivity index (χ4n) is 4.71. The number of methoxy groups -OCH3 is 1. The standard InChI is InChI=1S/C29H25Cl2IN2O6/c1-40-29(39)26(18-7-11-20(31)12-8-18)34-25(17-5-9-19(30)10-6-17)28(38)33(15-3-2-4-24(35)36)23-14-13-21(32)16-22(23)27(34)37/h5-14,16,25-26H,2-4,15H2,1H3,(H,35,36)/t25-,26?/m0/s1. The second-order valence-corrected chi connectivity index (χ2v) is 11.3. The number of benzene rings is 3. The first-order valence-electron chi connectivity index (χ1n) is 12.4.